The van der Waals surface area contributed by atoms with Gasteiger partial charge in [-0.2, -0.15) is 5.10 Å². The maximum Gasteiger partial charge on any atom is 0.243 e. The molecule has 0 fully saturated rings. The van der Waals surface area contributed by atoms with Crippen LogP contribution in [0.1, 0.15) is 17.0 Å². The van der Waals surface area contributed by atoms with Crippen molar-refractivity contribution in [3.63, 3.8) is 0 Å². The smallest absolute Gasteiger partial charge is 0.243 e. The molecular weight excluding hydrogens is 292 g/mol. The number of methoxy groups -OCH3 is 1. The number of aromatic hydroxyl groups is 1. The molecule has 21 heavy (non-hydrogen) atoms. The highest BCUT2D eigenvalue weighted by Gasteiger charge is 2.07. The molecule has 0 saturated carbocycles. The van der Waals surface area contributed by atoms with Crippen molar-refractivity contribution in [1.29, 1.82) is 0 Å². The van der Waals surface area contributed by atoms with Gasteiger partial charge in [-0.05, 0) is 37.6 Å². The van der Waals surface area contributed by atoms with Gasteiger partial charge in [-0.15, -0.1) is 0 Å². The molecule has 0 unspecified atom stereocenters. The van der Waals surface area contributed by atoms with E-state index in [2.05, 4.69) is 20.5 Å². The zero-order chi connectivity index (χ0) is 15.4. The number of ether oxygens (including phenoxy) is 1. The molecule has 1 heterocycles. The average Bonchev–Trinajstić information content (AvgIpc) is 2.41. The second kappa shape index (κ2) is 6.41. The summed E-state index contributed by atoms with van der Waals surface area (Å²) in [6.07, 6.45) is 1.54. The molecule has 1 aromatic heterocycles. The molecule has 1 aromatic carbocycles. The number of halogens is 1. The minimum absolute atomic E-state index is 0.0954. The van der Waals surface area contributed by atoms with E-state index in [4.69, 9.17) is 16.3 Å². The number of nitrogens with zero attached hydrogens (tertiary/aromatic N) is 3. The van der Waals surface area contributed by atoms with Gasteiger partial charge in [-0.25, -0.2) is 15.4 Å². The van der Waals surface area contributed by atoms with E-state index < -0.39 is 0 Å². The highest BCUT2D eigenvalue weighted by Crippen LogP contribution is 2.34. The first-order valence-corrected chi connectivity index (χ1v) is 6.55. The van der Waals surface area contributed by atoms with Gasteiger partial charge in [0.25, 0.3) is 0 Å². The molecule has 0 radical (unpaired) electrons. The van der Waals surface area contributed by atoms with Crippen molar-refractivity contribution in [3.8, 4) is 11.5 Å². The first-order chi connectivity index (χ1) is 9.99. The number of aryl methyl sites for hydroxylation is 2. The minimum Gasteiger partial charge on any atom is -0.503 e. The number of rotatable bonds is 4. The lowest BCUT2D eigenvalue weighted by Crippen LogP contribution is -1.99. The van der Waals surface area contributed by atoms with Gasteiger partial charge in [0.05, 0.1) is 18.3 Å². The van der Waals surface area contributed by atoms with Crippen molar-refractivity contribution in [2.24, 2.45) is 5.10 Å². The molecule has 2 N–H and O–H groups in total. The van der Waals surface area contributed by atoms with Crippen molar-refractivity contribution < 1.29 is 9.84 Å². The van der Waals surface area contributed by atoms with Crippen LogP contribution in [0.2, 0.25) is 5.02 Å². The number of phenols is 1. The molecule has 0 aliphatic carbocycles. The van der Waals surface area contributed by atoms with E-state index in [9.17, 15) is 5.11 Å². The zero-order valence-electron chi connectivity index (χ0n) is 11.9. The monoisotopic (exact) mass is 306 g/mol. The molecule has 0 aliphatic heterocycles. The number of hydrogen-bond donors (Lipinski definition) is 2. The molecule has 0 saturated heterocycles. The number of benzene rings is 1. The molecule has 2 rings (SSSR count). The van der Waals surface area contributed by atoms with Gasteiger partial charge in [0.15, 0.2) is 11.5 Å². The van der Waals surface area contributed by atoms with Gasteiger partial charge < -0.3 is 9.84 Å². The van der Waals surface area contributed by atoms with Crippen LogP contribution >= 0.6 is 11.6 Å². The van der Waals surface area contributed by atoms with Crippen LogP contribution in [-0.4, -0.2) is 28.4 Å². The van der Waals surface area contributed by atoms with Crippen LogP contribution in [-0.2, 0) is 0 Å². The summed E-state index contributed by atoms with van der Waals surface area (Å²) in [6.45, 7) is 3.77. The summed E-state index contributed by atoms with van der Waals surface area (Å²) < 4.78 is 5.02. The molecule has 7 heteroatoms. The maximum atomic E-state index is 9.65. The topological polar surface area (TPSA) is 79.6 Å². The van der Waals surface area contributed by atoms with Crippen LogP contribution in [0.25, 0.3) is 0 Å². The fourth-order valence-corrected chi connectivity index (χ4v) is 1.98. The summed E-state index contributed by atoms with van der Waals surface area (Å²) in [6, 6.07) is 5.07. The Morgan fingerprint density at radius 2 is 1.90 bits per heavy atom. The van der Waals surface area contributed by atoms with E-state index in [1.807, 2.05) is 19.9 Å². The summed E-state index contributed by atoms with van der Waals surface area (Å²) in [4.78, 5) is 8.41. The molecule has 0 amide bonds. The third-order valence-electron chi connectivity index (χ3n) is 2.63. The Morgan fingerprint density at radius 3 is 2.52 bits per heavy atom. The number of hydrogen-bond acceptors (Lipinski definition) is 6. The van der Waals surface area contributed by atoms with E-state index in [1.54, 1.807) is 12.1 Å². The lowest BCUT2D eigenvalue weighted by atomic mass is 10.2. The van der Waals surface area contributed by atoms with Gasteiger partial charge in [0, 0.05) is 11.4 Å². The van der Waals surface area contributed by atoms with E-state index in [-0.39, 0.29) is 16.5 Å². The Hall–Kier alpha value is -2.34. The van der Waals surface area contributed by atoms with E-state index in [1.165, 1.54) is 13.3 Å². The quantitative estimate of drug-likeness (QED) is 0.670. The third-order valence-corrected chi connectivity index (χ3v) is 2.92. The SMILES string of the molecule is COc1cc(/C=N/Nc2nc(C)cc(C)n2)cc(Cl)c1O. The zero-order valence-corrected chi connectivity index (χ0v) is 12.6. The Bertz CT molecular complexity index is 669. The molecule has 110 valence electrons. The fraction of sp³-hybridized carbons (Fsp3) is 0.214. The Labute approximate surface area is 127 Å². The van der Waals surface area contributed by atoms with E-state index in [0.29, 0.717) is 11.5 Å². The highest BCUT2D eigenvalue weighted by molar-refractivity contribution is 6.32. The van der Waals surface area contributed by atoms with Crippen molar-refractivity contribution in [2.75, 3.05) is 12.5 Å². The van der Waals surface area contributed by atoms with Crippen LogP contribution in [0.4, 0.5) is 5.95 Å². The number of aromatic nitrogens is 2. The van der Waals surface area contributed by atoms with Crippen LogP contribution in [0, 0.1) is 13.8 Å². The van der Waals surface area contributed by atoms with E-state index in [0.717, 1.165) is 11.4 Å². The van der Waals surface area contributed by atoms with Gasteiger partial charge in [0.2, 0.25) is 5.95 Å². The number of anilines is 1. The predicted molar refractivity (Wildman–Crippen MR) is 82.4 cm³/mol. The number of hydrazone groups is 1. The number of phenolic OH excluding ortho intramolecular Hbond substituents is 1. The van der Waals surface area contributed by atoms with Gasteiger partial charge in [-0.3, -0.25) is 0 Å². The Kier molecular flexibility index (Phi) is 4.59. The Balaban J connectivity index is 2.16. The summed E-state index contributed by atoms with van der Waals surface area (Å²) >= 11 is 5.90. The molecule has 0 bridgehead atoms. The van der Waals surface area contributed by atoms with Crippen molar-refractivity contribution in [1.82, 2.24) is 9.97 Å². The summed E-state index contributed by atoms with van der Waals surface area (Å²) in [5, 5.41) is 13.9. The summed E-state index contributed by atoms with van der Waals surface area (Å²) in [7, 11) is 1.45. The predicted octanol–water partition coefficient (Wildman–Crippen LogP) is 2.91. The van der Waals surface area contributed by atoms with Gasteiger partial charge in [0.1, 0.15) is 0 Å². The molecule has 2 aromatic rings. The largest absolute Gasteiger partial charge is 0.503 e. The van der Waals surface area contributed by atoms with Crippen molar-refractivity contribution in [3.05, 3.63) is 40.2 Å². The van der Waals surface area contributed by atoms with Gasteiger partial charge >= 0.3 is 0 Å². The minimum atomic E-state index is -0.0954. The number of nitrogens with one attached hydrogen (secondary N) is 1. The second-order valence-corrected chi connectivity index (χ2v) is 4.81. The molecule has 0 atom stereocenters. The van der Waals surface area contributed by atoms with E-state index >= 15 is 0 Å². The molecule has 0 spiro atoms. The summed E-state index contributed by atoms with van der Waals surface area (Å²) in [5.41, 5.74) is 5.13. The third kappa shape index (κ3) is 3.82. The highest BCUT2D eigenvalue weighted by atomic mass is 35.5. The van der Waals surface area contributed by atoms with Crippen molar-refractivity contribution in [2.45, 2.75) is 13.8 Å². The lowest BCUT2D eigenvalue weighted by molar-refractivity contribution is 0.373. The van der Waals surface area contributed by atoms with Crippen molar-refractivity contribution >= 4 is 23.8 Å². The fourth-order valence-electron chi connectivity index (χ4n) is 1.76. The second-order valence-electron chi connectivity index (χ2n) is 4.40. The van der Waals surface area contributed by atoms with Gasteiger partial charge in [-0.1, -0.05) is 11.6 Å². The maximum absolute atomic E-state index is 9.65. The van der Waals surface area contributed by atoms with Crippen LogP contribution in [0.5, 0.6) is 11.5 Å². The standard InChI is InChI=1S/C14H15ClN4O2/c1-8-4-9(2)18-14(17-8)19-16-7-10-5-11(15)13(20)12(6-10)21-3/h4-7,20H,1-3H3,(H,17,18,19)/b16-7+. The first kappa shape index (κ1) is 15.1. The Morgan fingerprint density at radius 1 is 1.24 bits per heavy atom. The van der Waals surface area contributed by atoms with Crippen LogP contribution < -0.4 is 10.2 Å². The van der Waals surface area contributed by atoms with Crippen LogP contribution in [0.15, 0.2) is 23.3 Å². The average molecular weight is 307 g/mol. The lowest BCUT2D eigenvalue weighted by Gasteiger charge is -2.06. The molecule has 6 nitrogen and oxygen atoms in total. The first-order valence-electron chi connectivity index (χ1n) is 6.17. The molecular formula is C14H15ClN4O2. The summed E-state index contributed by atoms with van der Waals surface area (Å²) in [5.74, 6) is 0.606. The molecule has 0 aliphatic rings. The van der Waals surface area contributed by atoms with Crippen LogP contribution in [0.3, 0.4) is 0 Å². The normalized spacial score (nSPS) is 10.9.